The molecule has 1 aromatic heterocycles. The van der Waals surface area contributed by atoms with Gasteiger partial charge in [-0.05, 0) is 11.6 Å². The van der Waals surface area contributed by atoms with Crippen LogP contribution in [0.1, 0.15) is 43.1 Å². The minimum atomic E-state index is -0.329. The van der Waals surface area contributed by atoms with Crippen molar-refractivity contribution in [1.29, 1.82) is 0 Å². The molecule has 1 saturated heterocycles. The first-order chi connectivity index (χ1) is 11.6. The number of aromatic nitrogens is 2. The average Bonchev–Trinajstić information content (AvgIpc) is 3.07. The van der Waals surface area contributed by atoms with Crippen LogP contribution in [0.15, 0.2) is 28.8 Å². The molecule has 0 aliphatic carbocycles. The molecule has 1 aromatic carbocycles. The number of morpholine rings is 1. The summed E-state index contributed by atoms with van der Waals surface area (Å²) in [4.78, 5) is 18.9. The number of benzene rings is 1. The van der Waals surface area contributed by atoms with Gasteiger partial charge in [0.2, 0.25) is 11.8 Å². The monoisotopic (exact) mass is 349 g/mol. The van der Waals surface area contributed by atoms with E-state index < -0.39 is 0 Å². The molecule has 2 heterocycles. The fourth-order valence-electron chi connectivity index (χ4n) is 2.64. The van der Waals surface area contributed by atoms with Gasteiger partial charge in [-0.15, -0.1) is 0 Å². The normalized spacial score (nSPS) is 18.2. The molecule has 3 rings (SSSR count). The van der Waals surface area contributed by atoms with E-state index in [9.17, 15) is 4.79 Å². The topological polar surface area (TPSA) is 68.5 Å². The highest BCUT2D eigenvalue weighted by Crippen LogP contribution is 2.25. The maximum Gasteiger partial charge on any atom is 0.229 e. The van der Waals surface area contributed by atoms with E-state index in [1.165, 1.54) is 0 Å². The Kier molecular flexibility index (Phi) is 5.16. The maximum atomic E-state index is 12.8. The molecule has 0 N–H and O–H groups in total. The van der Waals surface area contributed by atoms with Crippen LogP contribution in [0.2, 0.25) is 5.02 Å². The summed E-state index contributed by atoms with van der Waals surface area (Å²) in [7, 11) is 0. The third kappa shape index (κ3) is 3.60. The molecule has 0 spiro atoms. The van der Waals surface area contributed by atoms with Gasteiger partial charge in [0.25, 0.3) is 0 Å². The molecular formula is C17H20ClN3O3. The number of carbonyl (C=O) groups is 1. The number of hydrogen-bond donors (Lipinski definition) is 0. The van der Waals surface area contributed by atoms with E-state index in [0.717, 1.165) is 5.56 Å². The largest absolute Gasteiger partial charge is 0.377 e. The Morgan fingerprint density at radius 3 is 2.92 bits per heavy atom. The molecule has 128 valence electrons. The second-order valence-electron chi connectivity index (χ2n) is 6.09. The van der Waals surface area contributed by atoms with Crippen LogP contribution < -0.4 is 0 Å². The fourth-order valence-corrected chi connectivity index (χ4v) is 2.84. The Labute approximate surface area is 145 Å². The van der Waals surface area contributed by atoms with Crippen molar-refractivity contribution in [3.63, 3.8) is 0 Å². The third-order valence-corrected chi connectivity index (χ3v) is 4.37. The summed E-state index contributed by atoms with van der Waals surface area (Å²) < 4.78 is 10.8. The predicted molar refractivity (Wildman–Crippen MR) is 88.8 cm³/mol. The summed E-state index contributed by atoms with van der Waals surface area (Å²) in [6.45, 7) is 5.33. The fraction of sp³-hybridized carbons (Fsp3) is 0.471. The number of rotatable bonds is 4. The zero-order valence-corrected chi connectivity index (χ0v) is 14.5. The van der Waals surface area contributed by atoms with E-state index in [0.29, 0.717) is 36.5 Å². The molecule has 1 fully saturated rings. The lowest BCUT2D eigenvalue weighted by atomic mass is 10.1. The standard InChI is InChI=1S/C17H20ClN3O3/c1-11(2)17-19-16(20-24-17)14-10-23-8-7-21(14)15(22)9-12-5-3-4-6-13(12)18/h3-6,11,14H,7-10H2,1-2H3/t14-/m1/s1. The van der Waals surface area contributed by atoms with Gasteiger partial charge in [0.05, 0.1) is 19.6 Å². The lowest BCUT2D eigenvalue weighted by molar-refractivity contribution is -0.139. The van der Waals surface area contributed by atoms with E-state index >= 15 is 0 Å². The number of halogens is 1. The van der Waals surface area contributed by atoms with E-state index in [1.807, 2.05) is 32.0 Å². The summed E-state index contributed by atoms with van der Waals surface area (Å²) in [6, 6.07) is 7.04. The van der Waals surface area contributed by atoms with E-state index in [1.54, 1.807) is 11.0 Å². The Bertz CT molecular complexity index is 717. The number of amides is 1. The van der Waals surface area contributed by atoms with Crippen LogP contribution in [0.25, 0.3) is 0 Å². The first-order valence-corrected chi connectivity index (χ1v) is 8.38. The first-order valence-electron chi connectivity index (χ1n) is 8.00. The number of carbonyl (C=O) groups excluding carboxylic acids is 1. The number of ether oxygens (including phenoxy) is 1. The van der Waals surface area contributed by atoms with Crippen molar-refractivity contribution in [2.24, 2.45) is 0 Å². The molecule has 0 saturated carbocycles. The summed E-state index contributed by atoms with van der Waals surface area (Å²) in [5.41, 5.74) is 0.811. The number of hydrogen-bond acceptors (Lipinski definition) is 5. The third-order valence-electron chi connectivity index (χ3n) is 4.00. The molecule has 1 atom stereocenters. The van der Waals surface area contributed by atoms with E-state index in [4.69, 9.17) is 20.9 Å². The summed E-state index contributed by atoms with van der Waals surface area (Å²) in [6.07, 6.45) is 0.241. The molecule has 0 radical (unpaired) electrons. The van der Waals surface area contributed by atoms with Gasteiger partial charge >= 0.3 is 0 Å². The van der Waals surface area contributed by atoms with Crippen molar-refractivity contribution in [2.45, 2.75) is 32.2 Å². The van der Waals surface area contributed by atoms with Crippen LogP contribution in [-0.2, 0) is 16.0 Å². The van der Waals surface area contributed by atoms with Crippen LogP contribution in [0.4, 0.5) is 0 Å². The van der Waals surface area contributed by atoms with Crippen molar-refractivity contribution in [3.8, 4) is 0 Å². The molecule has 2 aromatic rings. The SMILES string of the molecule is CC(C)c1nc([C@H]2COCCN2C(=O)Cc2ccccc2Cl)no1. The molecule has 0 bridgehead atoms. The minimum absolute atomic E-state index is 0.0210. The Balaban J connectivity index is 1.78. The molecule has 1 aliphatic rings. The highest BCUT2D eigenvalue weighted by atomic mass is 35.5. The molecule has 0 unspecified atom stereocenters. The van der Waals surface area contributed by atoms with Gasteiger partial charge in [-0.25, -0.2) is 0 Å². The van der Waals surface area contributed by atoms with E-state index in [-0.39, 0.29) is 24.3 Å². The van der Waals surface area contributed by atoms with Gasteiger partial charge in [-0.1, -0.05) is 48.8 Å². The molecule has 1 aliphatic heterocycles. The Hall–Kier alpha value is -1.92. The molecule has 7 heteroatoms. The van der Waals surface area contributed by atoms with Crippen molar-refractivity contribution in [2.75, 3.05) is 19.8 Å². The van der Waals surface area contributed by atoms with Crippen LogP contribution in [0, 0.1) is 0 Å². The lowest BCUT2D eigenvalue weighted by Gasteiger charge is -2.33. The number of nitrogens with zero attached hydrogens (tertiary/aromatic N) is 3. The van der Waals surface area contributed by atoms with Crippen LogP contribution >= 0.6 is 11.6 Å². The van der Waals surface area contributed by atoms with Crippen LogP contribution in [0.5, 0.6) is 0 Å². The van der Waals surface area contributed by atoms with Crippen molar-refractivity contribution >= 4 is 17.5 Å². The zero-order valence-electron chi connectivity index (χ0n) is 13.7. The van der Waals surface area contributed by atoms with Gasteiger partial charge in [-0.2, -0.15) is 4.98 Å². The van der Waals surface area contributed by atoms with Crippen molar-refractivity contribution in [1.82, 2.24) is 15.0 Å². The van der Waals surface area contributed by atoms with Gasteiger partial charge in [0.1, 0.15) is 6.04 Å². The second-order valence-corrected chi connectivity index (χ2v) is 6.50. The molecule has 6 nitrogen and oxygen atoms in total. The molecule has 24 heavy (non-hydrogen) atoms. The quantitative estimate of drug-likeness (QED) is 0.848. The maximum absolute atomic E-state index is 12.8. The Morgan fingerprint density at radius 2 is 2.21 bits per heavy atom. The van der Waals surface area contributed by atoms with Gasteiger partial charge in [-0.3, -0.25) is 4.79 Å². The molecular weight excluding hydrogens is 330 g/mol. The Morgan fingerprint density at radius 1 is 1.42 bits per heavy atom. The van der Waals surface area contributed by atoms with Crippen molar-refractivity contribution in [3.05, 3.63) is 46.6 Å². The van der Waals surface area contributed by atoms with Crippen LogP contribution in [0.3, 0.4) is 0 Å². The minimum Gasteiger partial charge on any atom is -0.377 e. The van der Waals surface area contributed by atoms with Crippen LogP contribution in [-0.4, -0.2) is 40.7 Å². The summed E-state index contributed by atoms with van der Waals surface area (Å²) >= 11 is 6.16. The zero-order chi connectivity index (χ0) is 17.1. The van der Waals surface area contributed by atoms with Crippen molar-refractivity contribution < 1.29 is 14.1 Å². The first kappa shape index (κ1) is 16.9. The smallest absolute Gasteiger partial charge is 0.229 e. The predicted octanol–water partition coefficient (Wildman–Crippen LogP) is 2.99. The molecule has 1 amide bonds. The van der Waals surface area contributed by atoms with Gasteiger partial charge in [0, 0.05) is 17.5 Å². The highest BCUT2D eigenvalue weighted by Gasteiger charge is 2.32. The van der Waals surface area contributed by atoms with E-state index in [2.05, 4.69) is 10.1 Å². The average molecular weight is 350 g/mol. The lowest BCUT2D eigenvalue weighted by Crippen LogP contribution is -2.44. The van der Waals surface area contributed by atoms with Gasteiger partial charge in [0.15, 0.2) is 5.82 Å². The summed E-state index contributed by atoms with van der Waals surface area (Å²) in [5.74, 6) is 1.18. The summed E-state index contributed by atoms with van der Waals surface area (Å²) in [5, 5.41) is 4.63. The second kappa shape index (κ2) is 7.32. The highest BCUT2D eigenvalue weighted by molar-refractivity contribution is 6.31. The van der Waals surface area contributed by atoms with Gasteiger partial charge < -0.3 is 14.2 Å².